The molecule has 1 amide bonds. The quantitative estimate of drug-likeness (QED) is 0.669. The molecular formula is C11H15NO2. The molecule has 0 radical (unpaired) electrons. The fourth-order valence-electron chi connectivity index (χ4n) is 1.43. The van der Waals surface area contributed by atoms with Crippen LogP contribution in [-0.4, -0.2) is 23.5 Å². The Balaban J connectivity index is 3.24. The average Bonchev–Trinajstić information content (AvgIpc) is 2.14. The fraction of sp³-hybridized carbons (Fsp3) is 0.364. The summed E-state index contributed by atoms with van der Waals surface area (Å²) in [7, 11) is 1.70. The number of rotatable bonds is 2. The van der Waals surface area contributed by atoms with Gasteiger partial charge in [0.1, 0.15) is 5.76 Å². The van der Waals surface area contributed by atoms with Crippen LogP contribution in [0.4, 0.5) is 0 Å². The van der Waals surface area contributed by atoms with Crippen LogP contribution in [0.2, 0.25) is 0 Å². The first-order valence-corrected chi connectivity index (χ1v) is 4.40. The number of carbonyl (C=O) groups excluding carboxylic acids is 1. The number of allylic oxidation sites excluding steroid dienone is 2. The lowest BCUT2D eigenvalue weighted by molar-refractivity contribution is -0.149. The number of amides is 1. The van der Waals surface area contributed by atoms with Crippen LogP contribution < -0.4 is 0 Å². The summed E-state index contributed by atoms with van der Waals surface area (Å²) >= 11 is 0. The summed E-state index contributed by atoms with van der Waals surface area (Å²) in [4.78, 5) is 13.3. The molecule has 0 bridgehead atoms. The minimum Gasteiger partial charge on any atom is -0.476 e. The number of ether oxygens (including phenoxy) is 1. The first kappa shape index (κ1) is 10.6. The standard InChI is InChI=1S/C11H15NO2/c1-6-8-9(7-2)14-11(3,4)10(13)12(8)5/h6-7H,1-2H2,3-5H3. The summed E-state index contributed by atoms with van der Waals surface area (Å²) < 4.78 is 5.51. The summed E-state index contributed by atoms with van der Waals surface area (Å²) in [5.74, 6) is 0.505. The van der Waals surface area contributed by atoms with Crippen molar-refractivity contribution >= 4 is 5.91 Å². The zero-order chi connectivity index (χ0) is 10.9. The Hall–Kier alpha value is -1.51. The molecule has 1 heterocycles. The lowest BCUT2D eigenvalue weighted by Crippen LogP contribution is -2.48. The molecule has 76 valence electrons. The van der Waals surface area contributed by atoms with E-state index >= 15 is 0 Å². The van der Waals surface area contributed by atoms with E-state index in [1.807, 2.05) is 0 Å². The van der Waals surface area contributed by atoms with Gasteiger partial charge in [0.05, 0.1) is 5.70 Å². The second kappa shape index (κ2) is 3.33. The molecule has 0 atom stereocenters. The Kier molecular flexibility index (Phi) is 2.51. The molecule has 0 saturated carbocycles. The van der Waals surface area contributed by atoms with E-state index < -0.39 is 5.60 Å². The third-order valence-corrected chi connectivity index (χ3v) is 2.18. The average molecular weight is 193 g/mol. The number of hydrogen-bond donors (Lipinski definition) is 0. The highest BCUT2D eigenvalue weighted by molar-refractivity contribution is 5.87. The lowest BCUT2D eigenvalue weighted by atomic mass is 10.0. The van der Waals surface area contributed by atoms with Gasteiger partial charge in [-0.25, -0.2) is 0 Å². The second-order valence-electron chi connectivity index (χ2n) is 3.63. The van der Waals surface area contributed by atoms with E-state index in [0.29, 0.717) is 11.5 Å². The highest BCUT2D eigenvalue weighted by Crippen LogP contribution is 2.28. The molecule has 1 rings (SSSR count). The van der Waals surface area contributed by atoms with Gasteiger partial charge in [-0.2, -0.15) is 0 Å². The lowest BCUT2D eigenvalue weighted by Gasteiger charge is -2.36. The molecule has 1 aliphatic rings. The van der Waals surface area contributed by atoms with E-state index in [1.54, 1.807) is 33.0 Å². The highest BCUT2D eigenvalue weighted by atomic mass is 16.5. The van der Waals surface area contributed by atoms with Crippen molar-refractivity contribution < 1.29 is 9.53 Å². The Morgan fingerprint density at radius 2 is 1.93 bits per heavy atom. The SMILES string of the molecule is C=CC1=C(C=C)N(C)C(=O)C(C)(C)O1. The van der Waals surface area contributed by atoms with E-state index in [4.69, 9.17) is 4.74 Å². The van der Waals surface area contributed by atoms with Crippen molar-refractivity contribution in [1.82, 2.24) is 4.90 Å². The Morgan fingerprint density at radius 1 is 1.36 bits per heavy atom. The van der Waals surface area contributed by atoms with Gasteiger partial charge in [-0.3, -0.25) is 4.79 Å². The van der Waals surface area contributed by atoms with Crippen LogP contribution in [-0.2, 0) is 9.53 Å². The van der Waals surface area contributed by atoms with E-state index in [1.165, 1.54) is 4.90 Å². The van der Waals surface area contributed by atoms with Crippen molar-refractivity contribution in [2.24, 2.45) is 0 Å². The monoisotopic (exact) mass is 193 g/mol. The van der Waals surface area contributed by atoms with Gasteiger partial charge in [-0.05, 0) is 26.0 Å². The number of hydrogen-bond acceptors (Lipinski definition) is 2. The van der Waals surface area contributed by atoms with Crippen molar-refractivity contribution in [3.8, 4) is 0 Å². The predicted molar refractivity (Wildman–Crippen MR) is 55.4 cm³/mol. The van der Waals surface area contributed by atoms with Gasteiger partial charge in [-0.1, -0.05) is 13.2 Å². The molecule has 3 heteroatoms. The molecule has 0 aromatic rings. The summed E-state index contributed by atoms with van der Waals surface area (Å²) in [6.07, 6.45) is 3.17. The molecule has 0 aliphatic carbocycles. The van der Waals surface area contributed by atoms with Crippen LogP contribution in [0.3, 0.4) is 0 Å². The van der Waals surface area contributed by atoms with Crippen LogP contribution in [0.5, 0.6) is 0 Å². The maximum atomic E-state index is 11.8. The predicted octanol–water partition coefficient (Wildman–Crippen LogP) is 1.84. The molecule has 1 aliphatic heterocycles. The normalized spacial score (nSPS) is 20.5. The molecule has 3 nitrogen and oxygen atoms in total. The summed E-state index contributed by atoms with van der Waals surface area (Å²) in [6, 6.07) is 0. The van der Waals surface area contributed by atoms with Crippen LogP contribution in [0.25, 0.3) is 0 Å². The van der Waals surface area contributed by atoms with Crippen molar-refractivity contribution in [2.75, 3.05) is 7.05 Å². The smallest absolute Gasteiger partial charge is 0.270 e. The van der Waals surface area contributed by atoms with Gasteiger partial charge in [0.15, 0.2) is 5.60 Å². The van der Waals surface area contributed by atoms with Crippen LogP contribution in [0, 0.1) is 0 Å². The van der Waals surface area contributed by atoms with E-state index in [9.17, 15) is 4.79 Å². The molecule has 0 N–H and O–H groups in total. The highest BCUT2D eigenvalue weighted by Gasteiger charge is 2.38. The topological polar surface area (TPSA) is 29.5 Å². The summed E-state index contributed by atoms with van der Waals surface area (Å²) in [6.45, 7) is 10.7. The van der Waals surface area contributed by atoms with E-state index in [0.717, 1.165) is 0 Å². The number of nitrogens with zero attached hydrogens (tertiary/aromatic N) is 1. The van der Waals surface area contributed by atoms with Crippen LogP contribution in [0.15, 0.2) is 36.8 Å². The van der Waals surface area contributed by atoms with E-state index in [-0.39, 0.29) is 5.91 Å². The molecule has 0 aromatic carbocycles. The van der Waals surface area contributed by atoms with Gasteiger partial charge < -0.3 is 9.64 Å². The number of carbonyl (C=O) groups is 1. The third-order valence-electron chi connectivity index (χ3n) is 2.18. The summed E-state index contributed by atoms with van der Waals surface area (Å²) in [5, 5.41) is 0. The van der Waals surface area contributed by atoms with Crippen molar-refractivity contribution in [1.29, 1.82) is 0 Å². The van der Waals surface area contributed by atoms with Crippen LogP contribution in [0.1, 0.15) is 13.8 Å². The molecule has 0 unspecified atom stereocenters. The van der Waals surface area contributed by atoms with Gasteiger partial charge in [0.25, 0.3) is 5.91 Å². The first-order valence-electron chi connectivity index (χ1n) is 4.40. The minimum absolute atomic E-state index is 0.0852. The molecule has 0 fully saturated rings. The van der Waals surface area contributed by atoms with Crippen molar-refractivity contribution in [2.45, 2.75) is 19.4 Å². The largest absolute Gasteiger partial charge is 0.476 e. The molecule has 14 heavy (non-hydrogen) atoms. The Bertz CT molecular complexity index is 326. The molecule has 0 saturated heterocycles. The second-order valence-corrected chi connectivity index (χ2v) is 3.63. The first-order chi connectivity index (χ1) is 6.44. The van der Waals surface area contributed by atoms with Gasteiger partial charge in [0, 0.05) is 7.05 Å². The summed E-state index contributed by atoms with van der Waals surface area (Å²) in [5.41, 5.74) is -0.172. The zero-order valence-corrected chi connectivity index (χ0v) is 8.83. The number of likely N-dealkylation sites (N-methyl/N-ethyl adjacent to an activating group) is 1. The van der Waals surface area contributed by atoms with Crippen LogP contribution >= 0.6 is 0 Å². The van der Waals surface area contributed by atoms with Gasteiger partial charge in [-0.15, -0.1) is 0 Å². The van der Waals surface area contributed by atoms with Crippen molar-refractivity contribution in [3.05, 3.63) is 36.8 Å². The minimum atomic E-state index is -0.829. The molecule has 0 aromatic heterocycles. The van der Waals surface area contributed by atoms with Gasteiger partial charge in [0.2, 0.25) is 0 Å². The third kappa shape index (κ3) is 1.45. The fourth-order valence-corrected chi connectivity index (χ4v) is 1.43. The Labute approximate surface area is 84.3 Å². The van der Waals surface area contributed by atoms with E-state index in [2.05, 4.69) is 13.2 Å². The Morgan fingerprint density at radius 3 is 2.36 bits per heavy atom. The van der Waals surface area contributed by atoms with Gasteiger partial charge >= 0.3 is 0 Å². The molecular weight excluding hydrogens is 178 g/mol. The maximum Gasteiger partial charge on any atom is 0.270 e. The molecule has 0 spiro atoms. The van der Waals surface area contributed by atoms with Crippen molar-refractivity contribution in [3.63, 3.8) is 0 Å². The zero-order valence-electron chi connectivity index (χ0n) is 8.83. The maximum absolute atomic E-state index is 11.8.